The van der Waals surface area contributed by atoms with Crippen LogP contribution in [0.3, 0.4) is 0 Å². The number of anilines is 2. The molecular weight excluding hydrogens is 254 g/mol. The van der Waals surface area contributed by atoms with Crippen molar-refractivity contribution >= 4 is 17.3 Å². The predicted octanol–water partition coefficient (Wildman–Crippen LogP) is 2.01. The molecule has 0 spiro atoms. The maximum absolute atomic E-state index is 12.3. The van der Waals surface area contributed by atoms with Gasteiger partial charge < -0.3 is 15.0 Å². The van der Waals surface area contributed by atoms with Gasteiger partial charge in [-0.25, -0.2) is 0 Å². The maximum Gasteiger partial charge on any atom is 0.245 e. The van der Waals surface area contributed by atoms with Gasteiger partial charge in [0, 0.05) is 38.7 Å². The zero-order valence-electron chi connectivity index (χ0n) is 11.8. The molecule has 0 unspecified atom stereocenters. The van der Waals surface area contributed by atoms with Crippen LogP contribution >= 0.6 is 0 Å². The first-order valence-electron chi connectivity index (χ1n) is 6.65. The topological polar surface area (TPSA) is 65.4 Å². The number of ether oxygens (including phenoxy) is 1. The van der Waals surface area contributed by atoms with E-state index in [1.165, 1.54) is 0 Å². The van der Waals surface area contributed by atoms with E-state index in [4.69, 9.17) is 4.74 Å². The van der Waals surface area contributed by atoms with Gasteiger partial charge in [0.05, 0.1) is 6.07 Å². The van der Waals surface area contributed by atoms with Crippen LogP contribution in [0.25, 0.3) is 0 Å². The lowest BCUT2D eigenvalue weighted by Crippen LogP contribution is -2.39. The van der Waals surface area contributed by atoms with Crippen LogP contribution in [0.1, 0.15) is 12.8 Å². The highest BCUT2D eigenvalue weighted by Gasteiger charge is 2.40. The van der Waals surface area contributed by atoms with Crippen LogP contribution in [-0.2, 0) is 9.53 Å². The average Bonchev–Trinajstić information content (AvgIpc) is 2.48. The van der Waals surface area contributed by atoms with E-state index in [0.29, 0.717) is 31.7 Å². The Kier molecular flexibility index (Phi) is 4.26. The summed E-state index contributed by atoms with van der Waals surface area (Å²) in [4.78, 5) is 14.3. The second-order valence-electron chi connectivity index (χ2n) is 5.20. The SMILES string of the molecule is CN(C)c1ccc(NC(=O)C2(C#N)CCOCC2)cc1. The number of hydrogen-bond donors (Lipinski definition) is 1. The Labute approximate surface area is 119 Å². The van der Waals surface area contributed by atoms with Crippen molar-refractivity contribution in [1.29, 1.82) is 5.26 Å². The molecule has 0 aromatic heterocycles. The van der Waals surface area contributed by atoms with Gasteiger partial charge in [0.15, 0.2) is 0 Å². The summed E-state index contributed by atoms with van der Waals surface area (Å²) in [6.07, 6.45) is 0.899. The fourth-order valence-corrected chi connectivity index (χ4v) is 2.20. The number of nitriles is 1. The maximum atomic E-state index is 12.3. The largest absolute Gasteiger partial charge is 0.381 e. The smallest absolute Gasteiger partial charge is 0.245 e. The molecule has 1 aliphatic heterocycles. The monoisotopic (exact) mass is 273 g/mol. The molecule has 0 aliphatic carbocycles. The molecule has 1 fully saturated rings. The number of carbonyl (C=O) groups excluding carboxylic acids is 1. The highest BCUT2D eigenvalue weighted by atomic mass is 16.5. The molecule has 0 bridgehead atoms. The van der Waals surface area contributed by atoms with Crippen LogP contribution in [0.4, 0.5) is 11.4 Å². The fourth-order valence-electron chi connectivity index (χ4n) is 2.20. The first kappa shape index (κ1) is 14.4. The Morgan fingerprint density at radius 3 is 2.40 bits per heavy atom. The van der Waals surface area contributed by atoms with E-state index in [9.17, 15) is 10.1 Å². The number of carbonyl (C=O) groups is 1. The molecule has 2 rings (SSSR count). The van der Waals surface area contributed by atoms with Crippen molar-refractivity contribution in [3.8, 4) is 6.07 Å². The molecule has 5 nitrogen and oxygen atoms in total. The van der Waals surface area contributed by atoms with Gasteiger partial charge in [-0.15, -0.1) is 0 Å². The number of benzene rings is 1. The van der Waals surface area contributed by atoms with Crippen LogP contribution in [0, 0.1) is 16.7 Å². The molecule has 0 saturated carbocycles. The Hall–Kier alpha value is -2.06. The summed E-state index contributed by atoms with van der Waals surface area (Å²) in [7, 11) is 3.92. The van der Waals surface area contributed by atoms with Crippen LogP contribution in [-0.4, -0.2) is 33.2 Å². The lowest BCUT2D eigenvalue weighted by Gasteiger charge is -2.29. The zero-order chi connectivity index (χ0) is 14.6. The van der Waals surface area contributed by atoms with Crippen molar-refractivity contribution < 1.29 is 9.53 Å². The number of hydrogen-bond acceptors (Lipinski definition) is 4. The lowest BCUT2D eigenvalue weighted by atomic mass is 9.81. The third kappa shape index (κ3) is 2.91. The summed E-state index contributed by atoms with van der Waals surface area (Å²) in [6.45, 7) is 0.918. The summed E-state index contributed by atoms with van der Waals surface area (Å²) < 4.78 is 5.23. The highest BCUT2D eigenvalue weighted by Crippen LogP contribution is 2.31. The fraction of sp³-hybridized carbons (Fsp3) is 0.467. The van der Waals surface area contributed by atoms with E-state index >= 15 is 0 Å². The molecule has 1 heterocycles. The lowest BCUT2D eigenvalue weighted by molar-refractivity contribution is -0.126. The van der Waals surface area contributed by atoms with E-state index in [-0.39, 0.29) is 5.91 Å². The first-order valence-corrected chi connectivity index (χ1v) is 6.65. The summed E-state index contributed by atoms with van der Waals surface area (Å²) in [6, 6.07) is 9.71. The molecule has 0 radical (unpaired) electrons. The van der Waals surface area contributed by atoms with E-state index in [0.717, 1.165) is 5.69 Å². The first-order chi connectivity index (χ1) is 9.57. The number of nitrogens with zero attached hydrogens (tertiary/aromatic N) is 2. The molecule has 1 N–H and O–H groups in total. The third-order valence-corrected chi connectivity index (χ3v) is 3.64. The Morgan fingerprint density at radius 1 is 1.30 bits per heavy atom. The molecule has 1 saturated heterocycles. The summed E-state index contributed by atoms with van der Waals surface area (Å²) >= 11 is 0. The van der Waals surface area contributed by atoms with Crippen molar-refractivity contribution in [1.82, 2.24) is 0 Å². The Morgan fingerprint density at radius 2 is 1.90 bits per heavy atom. The highest BCUT2D eigenvalue weighted by molar-refractivity contribution is 5.97. The van der Waals surface area contributed by atoms with Gasteiger partial charge in [-0.05, 0) is 37.1 Å². The van der Waals surface area contributed by atoms with Crippen LogP contribution in [0.2, 0.25) is 0 Å². The van der Waals surface area contributed by atoms with Gasteiger partial charge in [-0.3, -0.25) is 4.79 Å². The van der Waals surface area contributed by atoms with Gasteiger partial charge >= 0.3 is 0 Å². The summed E-state index contributed by atoms with van der Waals surface area (Å²) in [5.41, 5.74) is 0.809. The molecule has 5 heteroatoms. The zero-order valence-corrected chi connectivity index (χ0v) is 11.8. The molecule has 1 aromatic rings. The van der Waals surface area contributed by atoms with Gasteiger partial charge in [0.2, 0.25) is 5.91 Å². The molecule has 20 heavy (non-hydrogen) atoms. The number of nitrogens with one attached hydrogen (secondary N) is 1. The molecular formula is C15H19N3O2. The minimum atomic E-state index is -0.960. The van der Waals surface area contributed by atoms with Crippen molar-refractivity contribution in [3.63, 3.8) is 0 Å². The molecule has 106 valence electrons. The summed E-state index contributed by atoms with van der Waals surface area (Å²) in [5.74, 6) is -0.235. The Balaban J connectivity index is 2.08. The van der Waals surface area contributed by atoms with Crippen molar-refractivity contribution in [3.05, 3.63) is 24.3 Å². The van der Waals surface area contributed by atoms with Crippen LogP contribution in [0.5, 0.6) is 0 Å². The quantitative estimate of drug-likeness (QED) is 0.915. The van der Waals surface area contributed by atoms with Crippen LogP contribution < -0.4 is 10.2 Å². The van der Waals surface area contributed by atoms with Gasteiger partial charge in [-0.2, -0.15) is 5.26 Å². The van der Waals surface area contributed by atoms with Gasteiger partial charge in [-0.1, -0.05) is 0 Å². The second-order valence-corrected chi connectivity index (χ2v) is 5.20. The normalized spacial score (nSPS) is 17.1. The molecule has 1 aliphatic rings. The van der Waals surface area contributed by atoms with Crippen molar-refractivity contribution in [2.24, 2.45) is 5.41 Å². The standard InChI is InChI=1S/C15H19N3O2/c1-18(2)13-5-3-12(4-6-13)17-14(19)15(11-16)7-9-20-10-8-15/h3-6H,7-10H2,1-2H3,(H,17,19). The van der Waals surface area contributed by atoms with Crippen molar-refractivity contribution in [2.75, 3.05) is 37.5 Å². The minimum absolute atomic E-state index is 0.235. The minimum Gasteiger partial charge on any atom is -0.381 e. The number of amides is 1. The summed E-state index contributed by atoms with van der Waals surface area (Å²) in [5, 5.41) is 12.2. The van der Waals surface area contributed by atoms with E-state index in [2.05, 4.69) is 11.4 Å². The molecule has 1 amide bonds. The van der Waals surface area contributed by atoms with Gasteiger partial charge in [0.1, 0.15) is 5.41 Å². The third-order valence-electron chi connectivity index (χ3n) is 3.64. The van der Waals surface area contributed by atoms with E-state index in [1.807, 2.05) is 43.3 Å². The van der Waals surface area contributed by atoms with E-state index in [1.54, 1.807) is 0 Å². The second kappa shape index (κ2) is 5.93. The van der Waals surface area contributed by atoms with Crippen LogP contribution in [0.15, 0.2) is 24.3 Å². The Bertz CT molecular complexity index is 511. The van der Waals surface area contributed by atoms with E-state index < -0.39 is 5.41 Å². The molecule has 1 aromatic carbocycles. The molecule has 0 atom stereocenters. The predicted molar refractivity (Wildman–Crippen MR) is 77.5 cm³/mol. The number of rotatable bonds is 3. The average molecular weight is 273 g/mol. The van der Waals surface area contributed by atoms with Gasteiger partial charge in [0.25, 0.3) is 0 Å². The van der Waals surface area contributed by atoms with Crippen molar-refractivity contribution in [2.45, 2.75) is 12.8 Å².